The van der Waals surface area contributed by atoms with Crippen LogP contribution in [-0.4, -0.2) is 54.1 Å². The summed E-state index contributed by atoms with van der Waals surface area (Å²) in [4.78, 5) is 9.32. The van der Waals surface area contributed by atoms with Gasteiger partial charge >= 0.3 is 0 Å². The molecule has 0 aliphatic carbocycles. The molecule has 0 spiro atoms. The first-order chi connectivity index (χ1) is 10.2. The number of pyridine rings is 1. The Morgan fingerprint density at radius 3 is 2.95 bits per heavy atom. The highest BCUT2D eigenvalue weighted by Gasteiger charge is 2.26. The van der Waals surface area contributed by atoms with Gasteiger partial charge in [-0.15, -0.1) is 0 Å². The highest BCUT2D eigenvalue weighted by molar-refractivity contribution is 5.79. The van der Waals surface area contributed by atoms with Gasteiger partial charge < -0.3 is 10.6 Å². The van der Waals surface area contributed by atoms with Crippen LogP contribution in [0.5, 0.6) is 0 Å². The summed E-state index contributed by atoms with van der Waals surface area (Å²) in [5.41, 5.74) is 8.43. The molecule has 2 heterocycles. The van der Waals surface area contributed by atoms with E-state index in [9.17, 15) is 0 Å². The van der Waals surface area contributed by atoms with E-state index < -0.39 is 0 Å². The molecule has 3 rings (SSSR count). The molecule has 2 N–H and O–H groups in total. The van der Waals surface area contributed by atoms with Gasteiger partial charge in [-0.2, -0.15) is 0 Å². The van der Waals surface area contributed by atoms with E-state index in [2.05, 4.69) is 53.0 Å². The molecule has 2 aromatic rings. The SMILES string of the molecule is CC1CN(C(CN)c2ccc3ncccc3c2)CCN1C. The van der Waals surface area contributed by atoms with Crippen molar-refractivity contribution in [3.05, 3.63) is 42.1 Å². The van der Waals surface area contributed by atoms with Crippen LogP contribution >= 0.6 is 0 Å². The third-order valence-electron chi connectivity index (χ3n) is 4.67. The zero-order valence-electron chi connectivity index (χ0n) is 12.9. The molecule has 1 aromatic heterocycles. The normalized spacial score (nSPS) is 22.5. The molecule has 0 amide bonds. The van der Waals surface area contributed by atoms with Gasteiger partial charge in [0.05, 0.1) is 5.52 Å². The maximum Gasteiger partial charge on any atom is 0.0702 e. The van der Waals surface area contributed by atoms with Crippen LogP contribution in [0.1, 0.15) is 18.5 Å². The van der Waals surface area contributed by atoms with E-state index in [-0.39, 0.29) is 0 Å². The van der Waals surface area contributed by atoms with Crippen LogP contribution < -0.4 is 5.73 Å². The fourth-order valence-corrected chi connectivity index (χ4v) is 3.16. The van der Waals surface area contributed by atoms with Gasteiger partial charge in [0, 0.05) is 49.8 Å². The summed E-state index contributed by atoms with van der Waals surface area (Å²) in [6, 6.07) is 11.5. The van der Waals surface area contributed by atoms with Crippen molar-refractivity contribution in [2.75, 3.05) is 33.2 Å². The van der Waals surface area contributed by atoms with E-state index in [4.69, 9.17) is 5.73 Å². The van der Waals surface area contributed by atoms with Gasteiger partial charge in [0.15, 0.2) is 0 Å². The van der Waals surface area contributed by atoms with E-state index in [0.717, 1.165) is 25.2 Å². The van der Waals surface area contributed by atoms with Crippen LogP contribution in [0.15, 0.2) is 36.5 Å². The molecule has 2 atom stereocenters. The van der Waals surface area contributed by atoms with Gasteiger partial charge in [0.1, 0.15) is 0 Å². The molecule has 21 heavy (non-hydrogen) atoms. The van der Waals surface area contributed by atoms with Crippen LogP contribution in [0.4, 0.5) is 0 Å². The molecular weight excluding hydrogens is 260 g/mol. The number of aromatic nitrogens is 1. The number of fused-ring (bicyclic) bond motifs is 1. The van der Waals surface area contributed by atoms with Gasteiger partial charge in [-0.1, -0.05) is 12.1 Å². The van der Waals surface area contributed by atoms with Crippen molar-refractivity contribution in [3.63, 3.8) is 0 Å². The van der Waals surface area contributed by atoms with Crippen molar-refractivity contribution in [1.82, 2.24) is 14.8 Å². The lowest BCUT2D eigenvalue weighted by molar-refractivity contribution is 0.0741. The van der Waals surface area contributed by atoms with Gasteiger partial charge in [0.25, 0.3) is 0 Å². The van der Waals surface area contributed by atoms with E-state index >= 15 is 0 Å². The van der Waals surface area contributed by atoms with E-state index in [1.807, 2.05) is 12.3 Å². The van der Waals surface area contributed by atoms with Crippen LogP contribution in [-0.2, 0) is 0 Å². The van der Waals surface area contributed by atoms with Gasteiger partial charge in [-0.05, 0) is 37.7 Å². The number of nitrogens with two attached hydrogens (primary N) is 1. The Labute approximate surface area is 126 Å². The molecule has 1 fully saturated rings. The summed E-state index contributed by atoms with van der Waals surface area (Å²) < 4.78 is 0. The van der Waals surface area contributed by atoms with Crippen molar-refractivity contribution < 1.29 is 0 Å². The van der Waals surface area contributed by atoms with Crippen LogP contribution in [0.25, 0.3) is 10.9 Å². The van der Waals surface area contributed by atoms with Crippen LogP contribution in [0.3, 0.4) is 0 Å². The van der Waals surface area contributed by atoms with Crippen molar-refractivity contribution in [2.45, 2.75) is 19.0 Å². The van der Waals surface area contributed by atoms with Crippen molar-refractivity contribution in [1.29, 1.82) is 0 Å². The molecule has 1 saturated heterocycles. The predicted octanol–water partition coefficient (Wildman–Crippen LogP) is 1.87. The average molecular weight is 284 g/mol. The maximum atomic E-state index is 6.09. The first kappa shape index (κ1) is 14.4. The second-order valence-corrected chi connectivity index (χ2v) is 6.03. The third kappa shape index (κ3) is 2.93. The van der Waals surface area contributed by atoms with Crippen molar-refractivity contribution in [3.8, 4) is 0 Å². The number of hydrogen-bond acceptors (Lipinski definition) is 4. The zero-order valence-corrected chi connectivity index (χ0v) is 12.9. The molecule has 1 aromatic carbocycles. The molecule has 1 aliphatic rings. The van der Waals surface area contributed by atoms with Crippen molar-refractivity contribution in [2.24, 2.45) is 5.73 Å². The maximum absolute atomic E-state index is 6.09. The molecular formula is C17H24N4. The second kappa shape index (κ2) is 6.10. The Hall–Kier alpha value is -1.49. The second-order valence-electron chi connectivity index (χ2n) is 6.03. The molecule has 0 saturated carbocycles. The zero-order chi connectivity index (χ0) is 14.8. The van der Waals surface area contributed by atoms with Gasteiger partial charge in [-0.25, -0.2) is 0 Å². The molecule has 112 valence electrons. The molecule has 4 heteroatoms. The average Bonchev–Trinajstić information content (AvgIpc) is 2.51. The predicted molar refractivity (Wildman–Crippen MR) is 87.2 cm³/mol. The Morgan fingerprint density at radius 1 is 1.33 bits per heavy atom. The Bertz CT molecular complexity index is 613. The summed E-state index contributed by atoms with van der Waals surface area (Å²) in [5, 5.41) is 1.19. The molecule has 0 bridgehead atoms. The Morgan fingerprint density at radius 2 is 2.19 bits per heavy atom. The first-order valence-corrected chi connectivity index (χ1v) is 7.68. The number of nitrogens with zero attached hydrogens (tertiary/aromatic N) is 3. The molecule has 0 radical (unpaired) electrons. The molecule has 4 nitrogen and oxygen atoms in total. The number of hydrogen-bond donors (Lipinski definition) is 1. The lowest BCUT2D eigenvalue weighted by Gasteiger charge is -2.41. The highest BCUT2D eigenvalue weighted by atomic mass is 15.3. The lowest BCUT2D eigenvalue weighted by Crippen LogP contribution is -2.52. The fourth-order valence-electron chi connectivity index (χ4n) is 3.16. The minimum atomic E-state index is 0.297. The first-order valence-electron chi connectivity index (χ1n) is 7.68. The molecule has 2 unspecified atom stereocenters. The Balaban J connectivity index is 1.87. The Kier molecular flexibility index (Phi) is 4.19. The number of likely N-dealkylation sites (N-methyl/N-ethyl adjacent to an activating group) is 1. The largest absolute Gasteiger partial charge is 0.329 e. The summed E-state index contributed by atoms with van der Waals surface area (Å²) in [5.74, 6) is 0. The summed E-state index contributed by atoms with van der Waals surface area (Å²) >= 11 is 0. The van der Waals surface area contributed by atoms with E-state index in [0.29, 0.717) is 18.6 Å². The topological polar surface area (TPSA) is 45.4 Å². The van der Waals surface area contributed by atoms with Crippen LogP contribution in [0.2, 0.25) is 0 Å². The quantitative estimate of drug-likeness (QED) is 0.934. The molecule has 1 aliphatic heterocycles. The van der Waals surface area contributed by atoms with Gasteiger partial charge in [-0.3, -0.25) is 9.88 Å². The highest BCUT2D eigenvalue weighted by Crippen LogP contribution is 2.25. The smallest absolute Gasteiger partial charge is 0.0702 e. The standard InChI is InChI=1S/C17H24N4/c1-13-12-21(9-8-20(13)2)17(11-18)15-5-6-16-14(10-15)4-3-7-19-16/h3-7,10,13,17H,8-9,11-12,18H2,1-2H3. The third-order valence-corrected chi connectivity index (χ3v) is 4.67. The van der Waals surface area contributed by atoms with Crippen LogP contribution in [0, 0.1) is 0 Å². The summed E-state index contributed by atoms with van der Waals surface area (Å²) in [7, 11) is 2.20. The van der Waals surface area contributed by atoms with E-state index in [1.54, 1.807) is 0 Å². The minimum absolute atomic E-state index is 0.297. The summed E-state index contributed by atoms with van der Waals surface area (Å²) in [6.07, 6.45) is 1.84. The monoisotopic (exact) mass is 284 g/mol. The number of piperazine rings is 1. The lowest BCUT2D eigenvalue weighted by atomic mass is 10.0. The van der Waals surface area contributed by atoms with E-state index in [1.165, 1.54) is 10.9 Å². The fraction of sp³-hybridized carbons (Fsp3) is 0.471. The van der Waals surface area contributed by atoms with Crippen molar-refractivity contribution >= 4 is 10.9 Å². The summed E-state index contributed by atoms with van der Waals surface area (Å²) in [6.45, 7) is 6.19. The number of rotatable bonds is 3. The number of benzene rings is 1. The van der Waals surface area contributed by atoms with Gasteiger partial charge in [0.2, 0.25) is 0 Å². The minimum Gasteiger partial charge on any atom is -0.329 e.